The number of amides is 3. The summed E-state index contributed by atoms with van der Waals surface area (Å²) in [6.07, 6.45) is -4.02. The van der Waals surface area contributed by atoms with Crippen LogP contribution in [0.15, 0.2) is 24.3 Å². The zero-order chi connectivity index (χ0) is 19.3. The van der Waals surface area contributed by atoms with Crippen molar-refractivity contribution in [3.63, 3.8) is 0 Å². The number of hydrogen-bond acceptors (Lipinski definition) is 3. The number of nitrogens with zero attached hydrogens (tertiary/aromatic N) is 3. The molecule has 1 atom stereocenters. The van der Waals surface area contributed by atoms with E-state index in [1.807, 2.05) is 0 Å². The molecule has 0 bridgehead atoms. The number of hydrogen-bond donors (Lipinski definition) is 0. The molecule has 2 aliphatic heterocycles. The van der Waals surface area contributed by atoms with Crippen LogP contribution in [-0.4, -0.2) is 59.5 Å². The van der Waals surface area contributed by atoms with Crippen molar-refractivity contribution in [2.75, 3.05) is 25.0 Å². The maximum absolute atomic E-state index is 12.9. The predicted molar refractivity (Wildman–Crippen MR) is 86.3 cm³/mol. The first-order valence-corrected chi connectivity index (χ1v) is 8.09. The van der Waals surface area contributed by atoms with Crippen molar-refractivity contribution >= 4 is 23.4 Å². The van der Waals surface area contributed by atoms with Gasteiger partial charge in [-0.15, -0.1) is 0 Å². The molecule has 0 saturated carbocycles. The number of benzene rings is 1. The molecule has 140 valence electrons. The molecule has 0 aliphatic carbocycles. The van der Waals surface area contributed by atoms with Crippen molar-refractivity contribution in [2.24, 2.45) is 0 Å². The van der Waals surface area contributed by atoms with Gasteiger partial charge in [0.2, 0.25) is 11.8 Å². The molecule has 3 amide bonds. The zero-order valence-corrected chi connectivity index (χ0v) is 14.3. The summed E-state index contributed by atoms with van der Waals surface area (Å²) in [7, 11) is 1.04. The van der Waals surface area contributed by atoms with E-state index in [0.717, 1.165) is 7.05 Å². The molecule has 9 heteroatoms. The lowest BCUT2D eigenvalue weighted by molar-refractivity contribution is -0.159. The molecule has 1 aromatic rings. The topological polar surface area (TPSA) is 60.9 Å². The van der Waals surface area contributed by atoms with E-state index in [2.05, 4.69) is 0 Å². The number of likely N-dealkylation sites (N-methyl/N-ethyl adjacent to an activating group) is 1. The number of halogens is 3. The number of rotatable bonds is 3. The first-order valence-electron chi connectivity index (χ1n) is 8.09. The first-order chi connectivity index (χ1) is 12.0. The van der Waals surface area contributed by atoms with E-state index in [-0.39, 0.29) is 17.9 Å². The van der Waals surface area contributed by atoms with Crippen LogP contribution in [0.4, 0.5) is 18.9 Å². The fourth-order valence-electron chi connectivity index (χ4n) is 3.55. The molecule has 1 aromatic carbocycles. The minimum atomic E-state index is -4.53. The molecule has 1 fully saturated rings. The number of para-hydroxylation sites is 1. The Morgan fingerprint density at radius 1 is 1.27 bits per heavy atom. The SMILES string of the molecule is CN(CC(F)(F)F)C(=O)CN1C(=O)c2ccccc2N2C(=O)CCC12C. The van der Waals surface area contributed by atoms with Gasteiger partial charge >= 0.3 is 6.18 Å². The molecule has 0 radical (unpaired) electrons. The summed E-state index contributed by atoms with van der Waals surface area (Å²) >= 11 is 0. The van der Waals surface area contributed by atoms with Crippen LogP contribution < -0.4 is 4.90 Å². The van der Waals surface area contributed by atoms with E-state index in [1.165, 1.54) is 9.80 Å². The Hall–Kier alpha value is -2.58. The Balaban J connectivity index is 1.93. The van der Waals surface area contributed by atoms with Crippen LogP contribution in [0.2, 0.25) is 0 Å². The van der Waals surface area contributed by atoms with Gasteiger partial charge < -0.3 is 9.80 Å². The Kier molecular flexibility index (Phi) is 4.20. The maximum Gasteiger partial charge on any atom is 0.406 e. The highest BCUT2D eigenvalue weighted by molar-refractivity contribution is 6.11. The molecule has 0 N–H and O–H groups in total. The average molecular weight is 369 g/mol. The molecular weight excluding hydrogens is 351 g/mol. The van der Waals surface area contributed by atoms with Gasteiger partial charge in [0, 0.05) is 13.5 Å². The summed E-state index contributed by atoms with van der Waals surface area (Å²) in [5.41, 5.74) is -0.349. The second-order valence-corrected chi connectivity index (χ2v) is 6.72. The van der Waals surface area contributed by atoms with Gasteiger partial charge in [0.15, 0.2) is 0 Å². The minimum absolute atomic E-state index is 0.187. The van der Waals surface area contributed by atoms with Gasteiger partial charge in [-0.25, -0.2) is 0 Å². The summed E-state index contributed by atoms with van der Waals surface area (Å²) in [6, 6.07) is 6.54. The Labute approximate surface area is 148 Å². The minimum Gasteiger partial charge on any atom is -0.335 e. The largest absolute Gasteiger partial charge is 0.406 e. The summed E-state index contributed by atoms with van der Waals surface area (Å²) in [6.45, 7) is -0.271. The van der Waals surface area contributed by atoms with Crippen LogP contribution in [0, 0.1) is 0 Å². The highest BCUT2D eigenvalue weighted by atomic mass is 19.4. The smallest absolute Gasteiger partial charge is 0.335 e. The summed E-state index contributed by atoms with van der Waals surface area (Å²) < 4.78 is 37.6. The number of fused-ring (bicyclic) bond motifs is 3. The molecule has 2 aliphatic rings. The second kappa shape index (κ2) is 6.00. The molecule has 1 saturated heterocycles. The molecular formula is C17H18F3N3O3. The Morgan fingerprint density at radius 3 is 2.58 bits per heavy atom. The van der Waals surface area contributed by atoms with Crippen LogP contribution in [0.3, 0.4) is 0 Å². The van der Waals surface area contributed by atoms with Crippen molar-refractivity contribution in [3.05, 3.63) is 29.8 Å². The maximum atomic E-state index is 12.9. The van der Waals surface area contributed by atoms with E-state index >= 15 is 0 Å². The van der Waals surface area contributed by atoms with E-state index in [1.54, 1.807) is 31.2 Å². The van der Waals surface area contributed by atoms with Crippen molar-refractivity contribution in [1.29, 1.82) is 0 Å². The van der Waals surface area contributed by atoms with Crippen LogP contribution >= 0.6 is 0 Å². The fourth-order valence-corrected chi connectivity index (χ4v) is 3.55. The standard InChI is InChI=1S/C17H18F3N3O3/c1-16-8-7-13(24)23(16)12-6-4-3-5-11(12)15(26)22(16)9-14(25)21(2)10-17(18,19)20/h3-6H,7-10H2,1-2H3. The Morgan fingerprint density at radius 2 is 1.92 bits per heavy atom. The first kappa shape index (κ1) is 18.2. The van der Waals surface area contributed by atoms with Gasteiger partial charge in [0.1, 0.15) is 18.8 Å². The summed E-state index contributed by atoms with van der Waals surface area (Å²) in [4.78, 5) is 40.8. The van der Waals surface area contributed by atoms with Crippen molar-refractivity contribution in [1.82, 2.24) is 9.80 Å². The third-order valence-corrected chi connectivity index (χ3v) is 4.88. The molecule has 2 heterocycles. The number of anilines is 1. The third-order valence-electron chi connectivity index (χ3n) is 4.88. The number of carbonyl (C=O) groups excluding carboxylic acids is 3. The summed E-state index contributed by atoms with van der Waals surface area (Å²) in [5.74, 6) is -1.49. The lowest BCUT2D eigenvalue weighted by Crippen LogP contribution is -2.64. The number of alkyl halides is 3. The highest BCUT2D eigenvalue weighted by Gasteiger charge is 2.53. The quantitative estimate of drug-likeness (QED) is 0.819. The van der Waals surface area contributed by atoms with Crippen LogP contribution in [0.25, 0.3) is 0 Å². The van der Waals surface area contributed by atoms with Crippen LogP contribution in [0.5, 0.6) is 0 Å². The third kappa shape index (κ3) is 2.91. The number of carbonyl (C=O) groups is 3. The van der Waals surface area contributed by atoms with Gasteiger partial charge in [0.05, 0.1) is 11.3 Å². The van der Waals surface area contributed by atoms with E-state index in [4.69, 9.17) is 0 Å². The normalized spacial score (nSPS) is 22.3. The molecule has 0 aromatic heterocycles. The van der Waals surface area contributed by atoms with Crippen molar-refractivity contribution in [3.8, 4) is 0 Å². The average Bonchev–Trinajstić information content (AvgIpc) is 2.86. The second-order valence-electron chi connectivity index (χ2n) is 6.72. The highest BCUT2D eigenvalue weighted by Crippen LogP contribution is 2.43. The molecule has 1 unspecified atom stereocenters. The lowest BCUT2D eigenvalue weighted by atomic mass is 9.98. The Bertz CT molecular complexity index is 780. The van der Waals surface area contributed by atoms with Crippen LogP contribution in [-0.2, 0) is 9.59 Å². The van der Waals surface area contributed by atoms with Crippen molar-refractivity contribution in [2.45, 2.75) is 31.6 Å². The van der Waals surface area contributed by atoms with E-state index in [0.29, 0.717) is 17.0 Å². The lowest BCUT2D eigenvalue weighted by Gasteiger charge is -2.48. The van der Waals surface area contributed by atoms with Crippen molar-refractivity contribution < 1.29 is 27.6 Å². The predicted octanol–water partition coefficient (Wildman–Crippen LogP) is 2.01. The monoisotopic (exact) mass is 369 g/mol. The van der Waals surface area contributed by atoms with Crippen LogP contribution in [0.1, 0.15) is 30.1 Å². The van der Waals surface area contributed by atoms with E-state index in [9.17, 15) is 27.6 Å². The summed E-state index contributed by atoms with van der Waals surface area (Å²) in [5, 5.41) is 0. The van der Waals surface area contributed by atoms with Gasteiger partial charge in [0.25, 0.3) is 5.91 Å². The molecule has 3 rings (SSSR count). The fraction of sp³-hybridized carbons (Fsp3) is 0.471. The van der Waals surface area contributed by atoms with Gasteiger partial charge in [-0.3, -0.25) is 19.3 Å². The molecule has 6 nitrogen and oxygen atoms in total. The molecule has 0 spiro atoms. The van der Waals surface area contributed by atoms with Gasteiger partial charge in [-0.1, -0.05) is 12.1 Å². The van der Waals surface area contributed by atoms with Gasteiger partial charge in [-0.05, 0) is 25.5 Å². The van der Waals surface area contributed by atoms with Gasteiger partial charge in [-0.2, -0.15) is 13.2 Å². The molecule has 26 heavy (non-hydrogen) atoms. The van der Waals surface area contributed by atoms with E-state index < -0.39 is 36.7 Å². The zero-order valence-electron chi connectivity index (χ0n) is 14.3.